The normalized spacial score (nSPS) is 14.8. The molecule has 0 spiro atoms. The molecule has 158 valence electrons. The second kappa shape index (κ2) is 9.86. The first-order chi connectivity index (χ1) is 14.7. The summed E-state index contributed by atoms with van der Waals surface area (Å²) in [7, 11) is 2.08. The van der Waals surface area contributed by atoms with Gasteiger partial charge in [-0.2, -0.15) is 0 Å². The Balaban J connectivity index is 1.16. The number of nitrogens with one attached hydrogen (secondary N) is 1. The zero-order chi connectivity index (χ0) is 20.8. The first-order valence-corrected chi connectivity index (χ1v) is 11.3. The lowest BCUT2D eigenvalue weighted by molar-refractivity contribution is -0.122. The number of amides is 1. The Kier molecular flexibility index (Phi) is 6.76. The van der Waals surface area contributed by atoms with Gasteiger partial charge in [0.15, 0.2) is 0 Å². The van der Waals surface area contributed by atoms with E-state index in [-0.39, 0.29) is 5.91 Å². The molecular formula is C22H28N6OS. The number of nitrogens with zero attached hydrogens (tertiary/aromatic N) is 5. The van der Waals surface area contributed by atoms with Crippen molar-refractivity contribution in [3.63, 3.8) is 0 Å². The highest BCUT2D eigenvalue weighted by molar-refractivity contribution is 7.16. The maximum absolute atomic E-state index is 12.3. The first kappa shape index (κ1) is 20.6. The van der Waals surface area contributed by atoms with E-state index in [0.717, 1.165) is 55.2 Å². The molecule has 30 heavy (non-hydrogen) atoms. The minimum absolute atomic E-state index is 0.105. The number of carbonyl (C=O) groups is 1. The van der Waals surface area contributed by atoms with Gasteiger partial charge >= 0.3 is 0 Å². The number of benzene rings is 1. The van der Waals surface area contributed by atoms with E-state index in [4.69, 9.17) is 0 Å². The Bertz CT molecular complexity index is 954. The van der Waals surface area contributed by atoms with E-state index in [1.807, 2.05) is 18.2 Å². The zero-order valence-electron chi connectivity index (χ0n) is 17.3. The smallest absolute Gasteiger partial charge is 0.234 e. The molecular weight excluding hydrogens is 396 g/mol. The Morgan fingerprint density at radius 1 is 1.13 bits per heavy atom. The van der Waals surface area contributed by atoms with E-state index >= 15 is 0 Å². The van der Waals surface area contributed by atoms with E-state index in [9.17, 15) is 4.79 Å². The third-order valence-corrected chi connectivity index (χ3v) is 6.29. The summed E-state index contributed by atoms with van der Waals surface area (Å²) >= 11 is 1.64. The summed E-state index contributed by atoms with van der Waals surface area (Å²) in [6.45, 7) is 5.54. The van der Waals surface area contributed by atoms with Gasteiger partial charge in [0.1, 0.15) is 17.0 Å². The largest absolute Gasteiger partial charge is 0.375 e. The van der Waals surface area contributed by atoms with Gasteiger partial charge < -0.3 is 15.1 Å². The van der Waals surface area contributed by atoms with Gasteiger partial charge in [-0.1, -0.05) is 18.2 Å². The molecule has 3 heterocycles. The van der Waals surface area contributed by atoms with Crippen LogP contribution in [-0.2, 0) is 4.79 Å². The summed E-state index contributed by atoms with van der Waals surface area (Å²) in [6, 6.07) is 12.4. The number of para-hydroxylation sites is 1. The average Bonchev–Trinajstić information content (AvgIpc) is 3.27. The quantitative estimate of drug-likeness (QED) is 0.561. The van der Waals surface area contributed by atoms with Crippen molar-refractivity contribution in [2.75, 3.05) is 62.7 Å². The standard InChI is InChI=1S/C22H28N6OS/c1-26(18-6-3-2-4-7-18)10-5-9-23-20(29)16-27-11-13-28(14-12-27)21-19-8-15-30-22(19)25-17-24-21/h2-4,6-8,15,17H,5,9-14,16H2,1H3,(H,23,29). The zero-order valence-corrected chi connectivity index (χ0v) is 18.1. The molecule has 2 aromatic heterocycles. The van der Waals surface area contributed by atoms with Crippen LogP contribution in [0, 0.1) is 0 Å². The summed E-state index contributed by atoms with van der Waals surface area (Å²) in [6.07, 6.45) is 2.57. The van der Waals surface area contributed by atoms with Gasteiger partial charge in [0.05, 0.1) is 11.9 Å². The third-order valence-electron chi connectivity index (χ3n) is 5.47. The van der Waals surface area contributed by atoms with Crippen molar-refractivity contribution in [1.29, 1.82) is 0 Å². The van der Waals surface area contributed by atoms with Gasteiger partial charge in [0.2, 0.25) is 5.91 Å². The van der Waals surface area contributed by atoms with Crippen LogP contribution < -0.4 is 15.1 Å². The molecule has 1 N–H and O–H groups in total. The SMILES string of the molecule is CN(CCCNC(=O)CN1CCN(c2ncnc3sccc23)CC1)c1ccccc1. The van der Waals surface area contributed by atoms with Gasteiger partial charge in [-0.05, 0) is 30.0 Å². The summed E-state index contributed by atoms with van der Waals surface area (Å²) in [5, 5.41) is 6.24. The summed E-state index contributed by atoms with van der Waals surface area (Å²) < 4.78 is 0. The fraction of sp³-hybridized carbons (Fsp3) is 0.409. The predicted molar refractivity (Wildman–Crippen MR) is 123 cm³/mol. The number of rotatable bonds is 8. The minimum Gasteiger partial charge on any atom is -0.375 e. The van der Waals surface area contributed by atoms with Crippen molar-refractivity contribution in [2.24, 2.45) is 0 Å². The highest BCUT2D eigenvalue weighted by Gasteiger charge is 2.21. The van der Waals surface area contributed by atoms with Gasteiger partial charge in [-0.15, -0.1) is 11.3 Å². The van der Waals surface area contributed by atoms with Crippen LogP contribution in [0.4, 0.5) is 11.5 Å². The lowest BCUT2D eigenvalue weighted by Gasteiger charge is -2.35. The van der Waals surface area contributed by atoms with Crippen LogP contribution in [0.2, 0.25) is 0 Å². The lowest BCUT2D eigenvalue weighted by Crippen LogP contribution is -2.49. The van der Waals surface area contributed by atoms with Crippen LogP contribution in [0.5, 0.6) is 0 Å². The van der Waals surface area contributed by atoms with E-state index in [2.05, 4.69) is 60.6 Å². The summed E-state index contributed by atoms with van der Waals surface area (Å²) in [5.41, 5.74) is 1.20. The maximum Gasteiger partial charge on any atom is 0.234 e. The Morgan fingerprint density at radius 3 is 2.73 bits per heavy atom. The second-order valence-corrected chi connectivity index (χ2v) is 8.46. The first-order valence-electron chi connectivity index (χ1n) is 10.4. The van der Waals surface area contributed by atoms with E-state index in [1.54, 1.807) is 17.7 Å². The number of thiophene rings is 1. The number of piperazine rings is 1. The second-order valence-electron chi connectivity index (χ2n) is 7.56. The molecule has 1 amide bonds. The Morgan fingerprint density at radius 2 is 1.93 bits per heavy atom. The van der Waals surface area contributed by atoms with Crippen LogP contribution in [0.3, 0.4) is 0 Å². The van der Waals surface area contributed by atoms with Crippen molar-refractivity contribution >= 4 is 39.0 Å². The average molecular weight is 425 g/mol. The van der Waals surface area contributed by atoms with Gasteiger partial charge in [0.25, 0.3) is 0 Å². The van der Waals surface area contributed by atoms with E-state index < -0.39 is 0 Å². The third kappa shape index (κ3) is 5.06. The summed E-state index contributed by atoms with van der Waals surface area (Å²) in [5.74, 6) is 1.11. The number of hydrogen-bond acceptors (Lipinski definition) is 7. The number of fused-ring (bicyclic) bond motifs is 1. The number of hydrogen-bond donors (Lipinski definition) is 1. The number of carbonyl (C=O) groups excluding carboxylic acids is 1. The molecule has 7 nitrogen and oxygen atoms in total. The summed E-state index contributed by atoms with van der Waals surface area (Å²) in [4.78, 5) is 28.9. The van der Waals surface area contributed by atoms with Crippen LogP contribution in [0.1, 0.15) is 6.42 Å². The molecule has 1 fully saturated rings. The van der Waals surface area contributed by atoms with Crippen LogP contribution in [-0.4, -0.2) is 73.6 Å². The molecule has 1 aliphatic heterocycles. The topological polar surface area (TPSA) is 64.6 Å². The molecule has 3 aromatic rings. The van der Waals surface area contributed by atoms with Gasteiger partial charge in [-0.25, -0.2) is 9.97 Å². The van der Waals surface area contributed by atoms with Crippen molar-refractivity contribution < 1.29 is 4.79 Å². The van der Waals surface area contributed by atoms with Crippen LogP contribution in [0.15, 0.2) is 48.1 Å². The molecule has 1 aromatic carbocycles. The van der Waals surface area contributed by atoms with E-state index in [1.165, 1.54) is 5.69 Å². The van der Waals surface area contributed by atoms with Gasteiger partial charge in [0, 0.05) is 52.0 Å². The Labute approximate surface area is 181 Å². The number of aromatic nitrogens is 2. The van der Waals surface area contributed by atoms with Crippen LogP contribution in [0.25, 0.3) is 10.2 Å². The highest BCUT2D eigenvalue weighted by atomic mass is 32.1. The van der Waals surface area contributed by atoms with Gasteiger partial charge in [-0.3, -0.25) is 9.69 Å². The molecule has 0 atom stereocenters. The number of anilines is 2. The molecule has 0 bridgehead atoms. The monoisotopic (exact) mass is 424 g/mol. The van der Waals surface area contributed by atoms with Crippen molar-refractivity contribution in [3.05, 3.63) is 48.1 Å². The molecule has 1 aliphatic rings. The van der Waals surface area contributed by atoms with Crippen molar-refractivity contribution in [3.8, 4) is 0 Å². The van der Waals surface area contributed by atoms with Crippen molar-refractivity contribution in [1.82, 2.24) is 20.2 Å². The fourth-order valence-corrected chi connectivity index (χ4v) is 4.49. The van der Waals surface area contributed by atoms with E-state index in [0.29, 0.717) is 13.1 Å². The Hall–Kier alpha value is -2.71. The van der Waals surface area contributed by atoms with Crippen LogP contribution >= 0.6 is 11.3 Å². The lowest BCUT2D eigenvalue weighted by atomic mass is 10.2. The molecule has 8 heteroatoms. The highest BCUT2D eigenvalue weighted by Crippen LogP contribution is 2.27. The van der Waals surface area contributed by atoms with Crippen molar-refractivity contribution in [2.45, 2.75) is 6.42 Å². The molecule has 0 radical (unpaired) electrons. The minimum atomic E-state index is 0.105. The predicted octanol–water partition coefficient (Wildman–Crippen LogP) is 2.46. The molecule has 4 rings (SSSR count). The maximum atomic E-state index is 12.3. The molecule has 0 aliphatic carbocycles. The molecule has 0 saturated carbocycles. The molecule has 1 saturated heterocycles. The molecule has 0 unspecified atom stereocenters. The fourth-order valence-electron chi connectivity index (χ4n) is 3.76.